The minimum absolute atomic E-state index is 0.138. The molecule has 0 heterocycles. The van der Waals surface area contributed by atoms with E-state index in [1.165, 1.54) is 24.2 Å². The first-order chi connectivity index (χ1) is 9.99. The summed E-state index contributed by atoms with van der Waals surface area (Å²) >= 11 is 0. The van der Waals surface area contributed by atoms with Crippen molar-refractivity contribution in [3.8, 4) is 0 Å². The number of nitrogens with zero attached hydrogens (tertiary/aromatic N) is 1. The molecule has 0 aromatic carbocycles. The van der Waals surface area contributed by atoms with Crippen molar-refractivity contribution in [2.24, 2.45) is 23.5 Å². The van der Waals surface area contributed by atoms with E-state index in [0.717, 1.165) is 37.0 Å². The molecule has 0 radical (unpaired) electrons. The fraction of sp³-hybridized carbons (Fsp3) is 0.933. The molecule has 0 aromatic rings. The normalized spacial score (nSPS) is 37.0. The number of hydrogen-bond donors (Lipinski definition) is 2. The highest BCUT2D eigenvalue weighted by Gasteiger charge is 2.51. The first kappa shape index (κ1) is 15.0. The minimum Gasteiger partial charge on any atom is -0.333 e. The number of nitrogens with one attached hydrogen (secondary N) is 1. The summed E-state index contributed by atoms with van der Waals surface area (Å²) in [6.45, 7) is -0.140. The Morgan fingerprint density at radius 3 is 2.14 bits per heavy atom. The number of urea groups is 1. The molecule has 4 saturated carbocycles. The fourth-order valence-electron chi connectivity index (χ4n) is 5.17. The van der Waals surface area contributed by atoms with E-state index in [4.69, 9.17) is 5.73 Å². The molecule has 3 N–H and O–H groups in total. The second-order valence-corrected chi connectivity index (χ2v) is 7.25. The van der Waals surface area contributed by atoms with Crippen LogP contribution < -0.4 is 11.1 Å². The van der Waals surface area contributed by atoms with Gasteiger partial charge in [-0.05, 0) is 56.3 Å². The smallest absolute Gasteiger partial charge is 0.318 e. The number of alkyl halides is 2. The van der Waals surface area contributed by atoms with E-state index in [1.54, 1.807) is 0 Å². The van der Waals surface area contributed by atoms with Crippen LogP contribution in [0.15, 0.2) is 0 Å². The highest BCUT2D eigenvalue weighted by Crippen LogP contribution is 2.55. The average Bonchev–Trinajstić information content (AvgIpc) is 2.35. The molecule has 4 bridgehead atoms. The van der Waals surface area contributed by atoms with E-state index in [0.29, 0.717) is 0 Å². The third-order valence-corrected chi connectivity index (χ3v) is 5.45. The van der Waals surface area contributed by atoms with Crippen molar-refractivity contribution in [1.82, 2.24) is 10.2 Å². The predicted molar refractivity (Wildman–Crippen MR) is 76.1 cm³/mol. The van der Waals surface area contributed by atoms with Gasteiger partial charge in [-0.3, -0.25) is 0 Å². The van der Waals surface area contributed by atoms with Gasteiger partial charge in [-0.15, -0.1) is 0 Å². The predicted octanol–water partition coefficient (Wildman–Crippen LogP) is 2.19. The van der Waals surface area contributed by atoms with Crippen LogP contribution in [0.4, 0.5) is 13.6 Å². The Bertz CT molecular complexity index is 367. The lowest BCUT2D eigenvalue weighted by molar-refractivity contribution is -0.0167. The zero-order chi connectivity index (χ0) is 15.0. The van der Waals surface area contributed by atoms with Crippen LogP contribution in [0.3, 0.4) is 0 Å². The van der Waals surface area contributed by atoms with Crippen molar-refractivity contribution < 1.29 is 13.6 Å². The lowest BCUT2D eigenvalue weighted by Gasteiger charge is -2.57. The van der Waals surface area contributed by atoms with Crippen LogP contribution >= 0.6 is 0 Å². The quantitative estimate of drug-likeness (QED) is 0.818. The summed E-state index contributed by atoms with van der Waals surface area (Å²) in [7, 11) is 0. The maximum atomic E-state index is 12.6. The van der Waals surface area contributed by atoms with Gasteiger partial charge < -0.3 is 16.0 Å². The molecule has 0 saturated heterocycles. The molecule has 0 atom stereocenters. The Labute approximate surface area is 124 Å². The molecular formula is C15H25F2N3O. The van der Waals surface area contributed by atoms with Gasteiger partial charge in [0.15, 0.2) is 0 Å². The molecule has 0 aliphatic heterocycles. The van der Waals surface area contributed by atoms with Crippen LogP contribution in [0.5, 0.6) is 0 Å². The van der Waals surface area contributed by atoms with Gasteiger partial charge in [-0.1, -0.05) is 0 Å². The van der Waals surface area contributed by atoms with Crippen LogP contribution in [0.1, 0.15) is 38.5 Å². The monoisotopic (exact) mass is 301 g/mol. The molecule has 4 aliphatic carbocycles. The Morgan fingerprint density at radius 2 is 1.71 bits per heavy atom. The van der Waals surface area contributed by atoms with Crippen molar-refractivity contribution >= 4 is 6.03 Å². The number of rotatable bonds is 5. The Morgan fingerprint density at radius 1 is 1.19 bits per heavy atom. The number of amides is 2. The van der Waals surface area contributed by atoms with Gasteiger partial charge in [0.2, 0.25) is 0 Å². The molecule has 120 valence electrons. The van der Waals surface area contributed by atoms with Crippen molar-refractivity contribution in [2.45, 2.75) is 50.5 Å². The standard InChI is InChI=1S/C15H25F2N3O/c16-13(17)9-20(2-1-18)14(21)19-15-6-10-3-11(7-15)5-12(4-10)8-15/h10-13H,1-9,18H2,(H,19,21). The molecule has 4 nitrogen and oxygen atoms in total. The van der Waals surface area contributed by atoms with Crippen molar-refractivity contribution in [3.63, 3.8) is 0 Å². The van der Waals surface area contributed by atoms with Crippen LogP contribution in [-0.4, -0.2) is 42.5 Å². The first-order valence-electron chi connectivity index (χ1n) is 8.05. The lowest BCUT2D eigenvalue weighted by Crippen LogP contribution is -2.62. The van der Waals surface area contributed by atoms with Gasteiger partial charge in [0, 0.05) is 18.6 Å². The van der Waals surface area contributed by atoms with Crippen LogP contribution in [0.2, 0.25) is 0 Å². The Hall–Kier alpha value is -0.910. The zero-order valence-corrected chi connectivity index (χ0v) is 12.4. The first-order valence-corrected chi connectivity index (χ1v) is 8.05. The summed E-state index contributed by atoms with van der Waals surface area (Å²) < 4.78 is 25.2. The van der Waals surface area contributed by atoms with Crippen LogP contribution in [0.25, 0.3) is 0 Å². The summed E-state index contributed by atoms with van der Waals surface area (Å²) in [6, 6.07) is -0.359. The molecule has 4 fully saturated rings. The highest BCUT2D eigenvalue weighted by atomic mass is 19.3. The van der Waals surface area contributed by atoms with Gasteiger partial charge in [-0.25, -0.2) is 13.6 Å². The Kier molecular flexibility index (Phi) is 4.08. The van der Waals surface area contributed by atoms with Gasteiger partial charge in [0.25, 0.3) is 6.43 Å². The average molecular weight is 301 g/mol. The number of carbonyl (C=O) groups excluding carboxylic acids is 1. The molecular weight excluding hydrogens is 276 g/mol. The molecule has 6 heteroatoms. The summed E-state index contributed by atoms with van der Waals surface area (Å²) in [5.74, 6) is 2.15. The van der Waals surface area contributed by atoms with E-state index in [9.17, 15) is 13.6 Å². The summed E-state index contributed by atoms with van der Waals surface area (Å²) in [5.41, 5.74) is 5.30. The second-order valence-electron chi connectivity index (χ2n) is 7.25. The molecule has 4 aliphatic rings. The van der Waals surface area contributed by atoms with Crippen LogP contribution in [0, 0.1) is 17.8 Å². The van der Waals surface area contributed by atoms with E-state index in [1.807, 2.05) is 0 Å². The van der Waals surface area contributed by atoms with Crippen molar-refractivity contribution in [2.75, 3.05) is 19.6 Å². The SMILES string of the molecule is NCCN(CC(F)F)C(=O)NC12CC3CC(CC(C3)C1)C2. The summed E-state index contributed by atoms with van der Waals surface area (Å²) in [4.78, 5) is 13.5. The largest absolute Gasteiger partial charge is 0.333 e. The van der Waals surface area contributed by atoms with E-state index in [2.05, 4.69) is 5.32 Å². The van der Waals surface area contributed by atoms with Crippen molar-refractivity contribution in [1.29, 1.82) is 0 Å². The molecule has 0 spiro atoms. The van der Waals surface area contributed by atoms with Gasteiger partial charge in [-0.2, -0.15) is 0 Å². The molecule has 0 unspecified atom stereocenters. The van der Waals surface area contributed by atoms with Gasteiger partial charge >= 0.3 is 6.03 Å². The van der Waals surface area contributed by atoms with Crippen LogP contribution in [-0.2, 0) is 0 Å². The highest BCUT2D eigenvalue weighted by molar-refractivity contribution is 5.75. The maximum absolute atomic E-state index is 12.6. The van der Waals surface area contributed by atoms with Crippen molar-refractivity contribution in [3.05, 3.63) is 0 Å². The number of nitrogens with two attached hydrogens (primary N) is 1. The zero-order valence-electron chi connectivity index (χ0n) is 12.4. The maximum Gasteiger partial charge on any atom is 0.318 e. The Balaban J connectivity index is 1.65. The number of carbonyl (C=O) groups is 1. The number of hydrogen-bond acceptors (Lipinski definition) is 2. The fourth-order valence-corrected chi connectivity index (χ4v) is 5.17. The molecule has 2 amide bonds. The third kappa shape index (κ3) is 3.15. The lowest BCUT2D eigenvalue weighted by atomic mass is 9.53. The van der Waals surface area contributed by atoms with E-state index in [-0.39, 0.29) is 24.7 Å². The van der Waals surface area contributed by atoms with Gasteiger partial charge in [0.05, 0.1) is 6.54 Å². The molecule has 4 rings (SSSR count). The summed E-state index contributed by atoms with van der Waals surface area (Å²) in [5, 5.41) is 3.11. The van der Waals surface area contributed by atoms with E-state index < -0.39 is 13.0 Å². The number of halogens is 2. The minimum atomic E-state index is -2.52. The third-order valence-electron chi connectivity index (χ3n) is 5.45. The second kappa shape index (κ2) is 5.71. The van der Waals surface area contributed by atoms with Gasteiger partial charge in [0.1, 0.15) is 0 Å². The van der Waals surface area contributed by atoms with E-state index >= 15 is 0 Å². The summed E-state index contributed by atoms with van der Waals surface area (Å²) in [6.07, 6.45) is 4.43. The molecule has 0 aromatic heterocycles. The molecule has 21 heavy (non-hydrogen) atoms. The topological polar surface area (TPSA) is 58.4 Å².